The monoisotopic (exact) mass is 360 g/mol. The lowest BCUT2D eigenvalue weighted by Gasteiger charge is -2.11. The van der Waals surface area contributed by atoms with Gasteiger partial charge in [-0.3, -0.25) is 14.9 Å². The zero-order chi connectivity index (χ0) is 18.9. The van der Waals surface area contributed by atoms with Crippen LogP contribution < -0.4 is 10.1 Å². The maximum atomic E-state index is 11.9. The molecule has 136 valence electrons. The van der Waals surface area contributed by atoms with Crippen molar-refractivity contribution in [3.05, 3.63) is 58.3 Å². The Labute approximate surface area is 148 Å². The molecule has 26 heavy (non-hydrogen) atoms. The number of hydrogen-bond acceptors (Lipinski definition) is 7. The molecule has 0 unspecified atom stereocenters. The van der Waals surface area contributed by atoms with Gasteiger partial charge in [0.2, 0.25) is 0 Å². The Morgan fingerprint density at radius 2 is 2.04 bits per heavy atom. The Morgan fingerprint density at radius 1 is 1.27 bits per heavy atom. The van der Waals surface area contributed by atoms with Crippen LogP contribution in [0.5, 0.6) is 5.75 Å². The number of nitro groups is 1. The van der Waals surface area contributed by atoms with E-state index in [1.165, 1.54) is 12.1 Å². The molecule has 1 aromatic carbocycles. The zero-order valence-corrected chi connectivity index (χ0v) is 13.8. The van der Waals surface area contributed by atoms with Gasteiger partial charge < -0.3 is 19.2 Å². The first-order valence-corrected chi connectivity index (χ1v) is 7.60. The lowest BCUT2D eigenvalue weighted by Crippen LogP contribution is -2.20. The summed E-state index contributed by atoms with van der Waals surface area (Å²) in [6.07, 6.45) is 2.21. The molecule has 1 amide bonds. The molecule has 2 rings (SSSR count). The predicted octanol–water partition coefficient (Wildman–Crippen LogP) is 2.78. The quantitative estimate of drug-likeness (QED) is 0.332. The van der Waals surface area contributed by atoms with E-state index in [1.54, 1.807) is 24.3 Å². The van der Waals surface area contributed by atoms with E-state index in [2.05, 4.69) is 5.32 Å². The van der Waals surface area contributed by atoms with Crippen LogP contribution in [0.1, 0.15) is 12.7 Å². The van der Waals surface area contributed by atoms with E-state index in [0.29, 0.717) is 18.0 Å². The van der Waals surface area contributed by atoms with Crippen LogP contribution in [0.25, 0.3) is 6.08 Å². The van der Waals surface area contributed by atoms with E-state index < -0.39 is 29.3 Å². The number of para-hydroxylation sites is 2. The van der Waals surface area contributed by atoms with Crippen molar-refractivity contribution in [2.45, 2.75) is 6.92 Å². The van der Waals surface area contributed by atoms with E-state index in [9.17, 15) is 19.7 Å². The fourth-order valence-electron chi connectivity index (χ4n) is 1.90. The zero-order valence-electron chi connectivity index (χ0n) is 13.8. The molecular weight excluding hydrogens is 344 g/mol. The molecule has 1 N–H and O–H groups in total. The summed E-state index contributed by atoms with van der Waals surface area (Å²) in [4.78, 5) is 33.3. The topological polar surface area (TPSA) is 121 Å². The summed E-state index contributed by atoms with van der Waals surface area (Å²) in [5, 5.41) is 13.1. The highest BCUT2D eigenvalue weighted by atomic mass is 16.6. The highest BCUT2D eigenvalue weighted by Gasteiger charge is 2.11. The molecule has 0 aliphatic carbocycles. The van der Waals surface area contributed by atoms with Crippen molar-refractivity contribution in [1.29, 1.82) is 0 Å². The molecule has 1 aromatic heterocycles. The SMILES string of the molecule is CCOc1ccccc1NC(=O)COC(=O)/C=C/c1ccc([N+](=O)[O-])o1. The molecule has 0 radical (unpaired) electrons. The minimum Gasteiger partial charge on any atom is -0.492 e. The molecule has 0 spiro atoms. The van der Waals surface area contributed by atoms with Crippen LogP contribution in [-0.2, 0) is 14.3 Å². The Balaban J connectivity index is 1.84. The number of esters is 1. The number of ether oxygens (including phenoxy) is 2. The number of amides is 1. The summed E-state index contributed by atoms with van der Waals surface area (Å²) < 4.78 is 15.0. The second-order valence-electron chi connectivity index (χ2n) is 4.85. The third kappa shape index (κ3) is 5.48. The van der Waals surface area contributed by atoms with Gasteiger partial charge in [-0.05, 0) is 31.2 Å². The first-order chi connectivity index (χ1) is 12.5. The van der Waals surface area contributed by atoms with Gasteiger partial charge in [0.1, 0.15) is 16.4 Å². The van der Waals surface area contributed by atoms with Gasteiger partial charge in [-0.1, -0.05) is 12.1 Å². The van der Waals surface area contributed by atoms with E-state index >= 15 is 0 Å². The standard InChI is InChI=1S/C17H16N2O7/c1-2-24-14-6-4-3-5-13(14)18-15(20)11-25-17(21)10-8-12-7-9-16(26-12)19(22)23/h3-10H,2,11H2,1H3,(H,18,20)/b10-8+. The molecular formula is C17H16N2O7. The molecule has 0 atom stereocenters. The van der Waals surface area contributed by atoms with Gasteiger partial charge in [0, 0.05) is 6.08 Å². The molecule has 0 aliphatic rings. The number of anilines is 1. The summed E-state index contributed by atoms with van der Waals surface area (Å²) in [5.74, 6) is -1.15. The first kappa shape index (κ1) is 18.7. The number of hydrogen-bond donors (Lipinski definition) is 1. The maximum absolute atomic E-state index is 11.9. The van der Waals surface area contributed by atoms with Gasteiger partial charge >= 0.3 is 11.9 Å². The fourth-order valence-corrected chi connectivity index (χ4v) is 1.90. The first-order valence-electron chi connectivity index (χ1n) is 7.60. The number of rotatable bonds is 8. The molecule has 0 aliphatic heterocycles. The second kappa shape index (κ2) is 9.02. The Hall–Kier alpha value is -3.62. The van der Waals surface area contributed by atoms with Crippen LogP contribution >= 0.6 is 0 Å². The summed E-state index contributed by atoms with van der Waals surface area (Å²) >= 11 is 0. The van der Waals surface area contributed by atoms with Crippen LogP contribution in [0.15, 0.2) is 46.9 Å². The van der Waals surface area contributed by atoms with Crippen molar-refractivity contribution >= 4 is 29.5 Å². The lowest BCUT2D eigenvalue weighted by molar-refractivity contribution is -0.402. The van der Waals surface area contributed by atoms with Gasteiger partial charge in [-0.15, -0.1) is 0 Å². The normalized spacial score (nSPS) is 10.5. The number of carbonyl (C=O) groups is 2. The van der Waals surface area contributed by atoms with Crippen molar-refractivity contribution in [1.82, 2.24) is 0 Å². The van der Waals surface area contributed by atoms with Crippen LogP contribution in [0.2, 0.25) is 0 Å². The molecule has 0 fully saturated rings. The number of carbonyl (C=O) groups excluding carboxylic acids is 2. The molecule has 1 heterocycles. The third-order valence-electron chi connectivity index (χ3n) is 2.98. The second-order valence-corrected chi connectivity index (χ2v) is 4.85. The smallest absolute Gasteiger partial charge is 0.433 e. The molecule has 0 saturated heterocycles. The molecule has 0 bridgehead atoms. The van der Waals surface area contributed by atoms with E-state index in [1.807, 2.05) is 6.92 Å². The van der Waals surface area contributed by atoms with Crippen LogP contribution in [0.4, 0.5) is 11.6 Å². The van der Waals surface area contributed by atoms with Crippen LogP contribution in [0, 0.1) is 10.1 Å². The molecule has 0 saturated carbocycles. The predicted molar refractivity (Wildman–Crippen MR) is 91.6 cm³/mol. The molecule has 9 nitrogen and oxygen atoms in total. The van der Waals surface area contributed by atoms with Crippen LogP contribution in [0.3, 0.4) is 0 Å². The Morgan fingerprint density at radius 3 is 2.73 bits per heavy atom. The minimum absolute atomic E-state index is 0.115. The highest BCUT2D eigenvalue weighted by molar-refractivity contribution is 5.95. The Bertz CT molecular complexity index is 826. The van der Waals surface area contributed by atoms with Crippen molar-refractivity contribution in [2.75, 3.05) is 18.5 Å². The minimum atomic E-state index is -0.794. The van der Waals surface area contributed by atoms with E-state index in [4.69, 9.17) is 13.9 Å². The summed E-state index contributed by atoms with van der Waals surface area (Å²) in [7, 11) is 0. The summed E-state index contributed by atoms with van der Waals surface area (Å²) in [5.41, 5.74) is 0.467. The number of nitrogens with one attached hydrogen (secondary N) is 1. The van der Waals surface area contributed by atoms with Crippen molar-refractivity contribution < 1.29 is 28.4 Å². The molecule has 9 heteroatoms. The number of nitrogens with zero attached hydrogens (tertiary/aromatic N) is 1. The van der Waals surface area contributed by atoms with Crippen molar-refractivity contribution in [3.8, 4) is 5.75 Å². The van der Waals surface area contributed by atoms with E-state index in [-0.39, 0.29) is 5.76 Å². The fraction of sp³-hybridized carbons (Fsp3) is 0.176. The summed E-state index contributed by atoms with van der Waals surface area (Å²) in [6, 6.07) is 9.36. The molecule has 2 aromatic rings. The average molecular weight is 360 g/mol. The van der Waals surface area contributed by atoms with E-state index in [0.717, 1.165) is 12.1 Å². The number of furan rings is 1. The average Bonchev–Trinajstić information content (AvgIpc) is 3.09. The van der Waals surface area contributed by atoms with Crippen molar-refractivity contribution in [2.24, 2.45) is 0 Å². The largest absolute Gasteiger partial charge is 0.492 e. The van der Waals surface area contributed by atoms with Crippen molar-refractivity contribution in [3.63, 3.8) is 0 Å². The van der Waals surface area contributed by atoms with Gasteiger partial charge in [0.15, 0.2) is 6.61 Å². The lowest BCUT2D eigenvalue weighted by atomic mass is 10.3. The highest BCUT2D eigenvalue weighted by Crippen LogP contribution is 2.23. The van der Waals surface area contributed by atoms with Gasteiger partial charge in [0.25, 0.3) is 5.91 Å². The number of benzene rings is 1. The van der Waals surface area contributed by atoms with Gasteiger partial charge in [-0.25, -0.2) is 4.79 Å². The van der Waals surface area contributed by atoms with Gasteiger partial charge in [0.05, 0.1) is 18.4 Å². The summed E-state index contributed by atoms with van der Waals surface area (Å²) in [6.45, 7) is 1.76. The Kier molecular flexibility index (Phi) is 6.49. The maximum Gasteiger partial charge on any atom is 0.433 e. The third-order valence-corrected chi connectivity index (χ3v) is 2.98. The van der Waals surface area contributed by atoms with Crippen LogP contribution in [-0.4, -0.2) is 30.0 Å². The van der Waals surface area contributed by atoms with Gasteiger partial charge in [-0.2, -0.15) is 0 Å².